The van der Waals surface area contributed by atoms with Crippen molar-refractivity contribution in [2.75, 3.05) is 31.1 Å². The lowest BCUT2D eigenvalue weighted by atomic mass is 9.86. The minimum atomic E-state index is -0.310. The summed E-state index contributed by atoms with van der Waals surface area (Å²) in [4.78, 5) is 16.7. The number of ether oxygens (including phenoxy) is 1. The molecule has 5 heteroatoms. The first-order chi connectivity index (χ1) is 12.2. The van der Waals surface area contributed by atoms with Gasteiger partial charge in [0.15, 0.2) is 0 Å². The molecule has 1 aromatic rings. The first-order valence-corrected chi connectivity index (χ1v) is 9.59. The van der Waals surface area contributed by atoms with Gasteiger partial charge in [-0.2, -0.15) is 0 Å². The first-order valence-electron chi connectivity index (χ1n) is 9.59. The van der Waals surface area contributed by atoms with E-state index in [2.05, 4.69) is 4.90 Å². The Hall–Kier alpha value is -1.46. The molecule has 1 unspecified atom stereocenters. The zero-order chi connectivity index (χ0) is 17.3. The third kappa shape index (κ3) is 3.58. The van der Waals surface area contributed by atoms with Crippen molar-refractivity contribution in [1.29, 1.82) is 0 Å². The van der Waals surface area contributed by atoms with E-state index in [-0.39, 0.29) is 23.9 Å². The minimum absolute atomic E-state index is 0.0778. The van der Waals surface area contributed by atoms with Crippen LogP contribution in [0.1, 0.15) is 44.9 Å². The second-order valence-corrected chi connectivity index (χ2v) is 7.80. The summed E-state index contributed by atoms with van der Waals surface area (Å²) in [6, 6.07) is 6.99. The van der Waals surface area contributed by atoms with Crippen molar-refractivity contribution in [2.24, 2.45) is 0 Å². The number of hydrogen-bond acceptors (Lipinski definition) is 3. The smallest absolute Gasteiger partial charge is 0.253 e. The van der Waals surface area contributed by atoms with Crippen LogP contribution in [0, 0.1) is 5.82 Å². The molecule has 0 radical (unpaired) electrons. The summed E-state index contributed by atoms with van der Waals surface area (Å²) in [5, 5.41) is 0. The Morgan fingerprint density at radius 3 is 2.76 bits per heavy atom. The van der Waals surface area contributed by atoms with E-state index in [1.54, 1.807) is 11.0 Å². The van der Waals surface area contributed by atoms with Gasteiger partial charge in [0, 0.05) is 18.3 Å². The van der Waals surface area contributed by atoms with Gasteiger partial charge in [-0.05, 0) is 50.4 Å². The standard InChI is InChI=1S/C20H27FN2O2/c21-16-6-4-9-18(12-16)23-15-20(25-13-19(23)24)10-5-11-22(14-20)17-7-2-1-3-8-17/h4,6,9,12,17H,1-3,5,7-8,10-11,13-15H2. The van der Waals surface area contributed by atoms with E-state index in [0.29, 0.717) is 18.3 Å². The lowest BCUT2D eigenvalue weighted by Crippen LogP contribution is -2.62. The van der Waals surface area contributed by atoms with Crippen LogP contribution in [0.2, 0.25) is 0 Å². The number of rotatable bonds is 2. The molecule has 1 spiro atoms. The van der Waals surface area contributed by atoms with Crippen LogP contribution in [0.3, 0.4) is 0 Å². The van der Waals surface area contributed by atoms with Crippen molar-refractivity contribution >= 4 is 11.6 Å². The molecule has 2 saturated heterocycles. The molecule has 2 aliphatic heterocycles. The third-order valence-corrected chi connectivity index (χ3v) is 6.03. The van der Waals surface area contributed by atoms with Gasteiger partial charge in [-0.3, -0.25) is 9.69 Å². The van der Waals surface area contributed by atoms with Crippen LogP contribution in [-0.4, -0.2) is 48.7 Å². The molecule has 4 rings (SSSR count). The number of piperidine rings is 1. The summed E-state index contributed by atoms with van der Waals surface area (Å²) in [6.45, 7) is 2.63. The number of amides is 1. The van der Waals surface area contributed by atoms with E-state index in [4.69, 9.17) is 4.74 Å². The number of nitrogens with zero attached hydrogens (tertiary/aromatic N) is 2. The van der Waals surface area contributed by atoms with Crippen LogP contribution in [0.15, 0.2) is 24.3 Å². The van der Waals surface area contributed by atoms with Crippen LogP contribution >= 0.6 is 0 Å². The average Bonchev–Trinajstić information content (AvgIpc) is 2.65. The van der Waals surface area contributed by atoms with E-state index >= 15 is 0 Å². The second kappa shape index (κ2) is 7.04. The molecular formula is C20H27FN2O2. The molecule has 1 amide bonds. The van der Waals surface area contributed by atoms with Gasteiger partial charge >= 0.3 is 0 Å². The molecule has 1 aromatic carbocycles. The maximum Gasteiger partial charge on any atom is 0.253 e. The monoisotopic (exact) mass is 346 g/mol. The molecular weight excluding hydrogens is 319 g/mol. The van der Waals surface area contributed by atoms with E-state index < -0.39 is 0 Å². The van der Waals surface area contributed by atoms with Crippen LogP contribution in [0.25, 0.3) is 0 Å². The van der Waals surface area contributed by atoms with Gasteiger partial charge in [-0.25, -0.2) is 4.39 Å². The number of benzene rings is 1. The molecule has 4 nitrogen and oxygen atoms in total. The second-order valence-electron chi connectivity index (χ2n) is 7.80. The van der Waals surface area contributed by atoms with Gasteiger partial charge in [0.25, 0.3) is 5.91 Å². The Bertz CT molecular complexity index is 632. The molecule has 0 aromatic heterocycles. The normalized spacial score (nSPS) is 29.3. The number of halogens is 1. The number of hydrogen-bond donors (Lipinski definition) is 0. The van der Waals surface area contributed by atoms with E-state index in [0.717, 1.165) is 25.9 Å². The summed E-state index contributed by atoms with van der Waals surface area (Å²) < 4.78 is 19.7. The minimum Gasteiger partial charge on any atom is -0.362 e. The highest BCUT2D eigenvalue weighted by Crippen LogP contribution is 2.34. The highest BCUT2D eigenvalue weighted by atomic mass is 19.1. The molecule has 136 valence electrons. The molecule has 2 heterocycles. The van der Waals surface area contributed by atoms with Crippen LogP contribution < -0.4 is 4.90 Å². The summed E-state index contributed by atoms with van der Waals surface area (Å²) in [5.41, 5.74) is 0.332. The highest BCUT2D eigenvalue weighted by molar-refractivity contribution is 5.95. The zero-order valence-electron chi connectivity index (χ0n) is 14.8. The van der Waals surface area contributed by atoms with Crippen LogP contribution in [0.5, 0.6) is 0 Å². The van der Waals surface area contributed by atoms with Crippen molar-refractivity contribution in [3.8, 4) is 0 Å². The lowest BCUT2D eigenvalue weighted by Gasteiger charge is -2.50. The highest BCUT2D eigenvalue weighted by Gasteiger charge is 2.44. The quantitative estimate of drug-likeness (QED) is 0.823. The molecule has 0 bridgehead atoms. The third-order valence-electron chi connectivity index (χ3n) is 6.03. The summed E-state index contributed by atoms with van der Waals surface area (Å²) in [5.74, 6) is -0.385. The summed E-state index contributed by atoms with van der Waals surface area (Å²) in [7, 11) is 0. The van der Waals surface area contributed by atoms with Crippen molar-refractivity contribution in [2.45, 2.75) is 56.6 Å². The molecule has 1 atom stereocenters. The Morgan fingerprint density at radius 1 is 1.12 bits per heavy atom. The van der Waals surface area contributed by atoms with Gasteiger partial charge in [0.2, 0.25) is 0 Å². The van der Waals surface area contributed by atoms with Crippen molar-refractivity contribution in [1.82, 2.24) is 4.90 Å². The molecule has 3 aliphatic rings. The molecule has 1 aliphatic carbocycles. The maximum absolute atomic E-state index is 13.6. The molecule has 25 heavy (non-hydrogen) atoms. The van der Waals surface area contributed by atoms with Gasteiger partial charge in [0.05, 0.1) is 12.1 Å². The first kappa shape index (κ1) is 17.0. The van der Waals surface area contributed by atoms with Crippen molar-refractivity contribution < 1.29 is 13.9 Å². The number of likely N-dealkylation sites (tertiary alicyclic amines) is 1. The van der Waals surface area contributed by atoms with E-state index in [1.807, 2.05) is 6.07 Å². The van der Waals surface area contributed by atoms with E-state index in [1.165, 1.54) is 44.2 Å². The number of morpholine rings is 1. The Labute approximate surface area is 148 Å². The van der Waals surface area contributed by atoms with Crippen LogP contribution in [0.4, 0.5) is 10.1 Å². The van der Waals surface area contributed by atoms with Gasteiger partial charge < -0.3 is 9.64 Å². The average molecular weight is 346 g/mol. The predicted molar refractivity (Wildman–Crippen MR) is 95.1 cm³/mol. The van der Waals surface area contributed by atoms with Crippen molar-refractivity contribution in [3.63, 3.8) is 0 Å². The Kier molecular flexibility index (Phi) is 4.78. The fourth-order valence-electron chi connectivity index (χ4n) is 4.73. The molecule has 1 saturated carbocycles. The fraction of sp³-hybridized carbons (Fsp3) is 0.650. The lowest BCUT2D eigenvalue weighted by molar-refractivity contribution is -0.148. The summed E-state index contributed by atoms with van der Waals surface area (Å²) >= 11 is 0. The number of carbonyl (C=O) groups excluding carboxylic acids is 1. The Balaban J connectivity index is 1.51. The Morgan fingerprint density at radius 2 is 1.96 bits per heavy atom. The molecule has 0 N–H and O–H groups in total. The van der Waals surface area contributed by atoms with E-state index in [9.17, 15) is 9.18 Å². The largest absolute Gasteiger partial charge is 0.362 e. The van der Waals surface area contributed by atoms with Gasteiger partial charge in [0.1, 0.15) is 12.4 Å². The maximum atomic E-state index is 13.6. The molecule has 3 fully saturated rings. The summed E-state index contributed by atoms with van der Waals surface area (Å²) in [6.07, 6.45) is 8.63. The zero-order valence-corrected chi connectivity index (χ0v) is 14.8. The fourth-order valence-corrected chi connectivity index (χ4v) is 4.73. The predicted octanol–water partition coefficient (Wildman–Crippen LogP) is 3.36. The van der Waals surface area contributed by atoms with Gasteiger partial charge in [-0.1, -0.05) is 25.3 Å². The van der Waals surface area contributed by atoms with Gasteiger partial charge in [-0.15, -0.1) is 0 Å². The van der Waals surface area contributed by atoms with Crippen molar-refractivity contribution in [3.05, 3.63) is 30.1 Å². The van der Waals surface area contributed by atoms with Crippen LogP contribution in [-0.2, 0) is 9.53 Å². The topological polar surface area (TPSA) is 32.8 Å². The SMILES string of the molecule is O=C1COC2(CCCN(C3CCCCC3)C2)CN1c1cccc(F)c1. The number of carbonyl (C=O) groups is 1. The number of anilines is 1.